The van der Waals surface area contributed by atoms with Crippen molar-refractivity contribution in [1.29, 1.82) is 0 Å². The zero-order valence-electron chi connectivity index (χ0n) is 19.4. The Labute approximate surface area is 206 Å². The summed E-state index contributed by atoms with van der Waals surface area (Å²) in [5, 5.41) is 5.31. The van der Waals surface area contributed by atoms with E-state index in [9.17, 15) is 18.8 Å². The van der Waals surface area contributed by atoms with Gasteiger partial charge < -0.3 is 19.5 Å². The van der Waals surface area contributed by atoms with E-state index in [1.807, 2.05) is 19.1 Å². The van der Waals surface area contributed by atoms with E-state index in [1.54, 1.807) is 30.3 Å². The minimum Gasteiger partial charge on any atom is -0.467 e. The van der Waals surface area contributed by atoms with Crippen LogP contribution in [-0.2, 0) is 16.1 Å². The maximum Gasteiger partial charge on any atom is 0.287 e. The number of halogens is 1. The predicted octanol–water partition coefficient (Wildman–Crippen LogP) is 4.14. The fraction of sp³-hybridized carbons (Fsp3) is 0.148. The molecule has 0 saturated carbocycles. The molecule has 36 heavy (non-hydrogen) atoms. The highest BCUT2D eigenvalue weighted by Gasteiger charge is 2.33. The predicted molar refractivity (Wildman–Crippen MR) is 129 cm³/mol. The Hall–Kier alpha value is -4.66. The lowest BCUT2D eigenvalue weighted by Gasteiger charge is -2.31. The summed E-state index contributed by atoms with van der Waals surface area (Å²) in [5.74, 6) is -1.56. The molecule has 2 aromatic heterocycles. The summed E-state index contributed by atoms with van der Waals surface area (Å²) < 4.78 is 24.1. The average molecular weight is 490 g/mol. The zero-order chi connectivity index (χ0) is 25.5. The molecule has 2 aromatic carbocycles. The smallest absolute Gasteiger partial charge is 0.287 e. The van der Waals surface area contributed by atoms with Gasteiger partial charge in [0.1, 0.15) is 17.6 Å². The van der Waals surface area contributed by atoms with Crippen molar-refractivity contribution in [1.82, 2.24) is 10.6 Å². The average Bonchev–Trinajstić information content (AvgIpc) is 3.60. The molecule has 4 rings (SSSR count). The lowest BCUT2D eigenvalue weighted by Crippen LogP contribution is -2.47. The van der Waals surface area contributed by atoms with E-state index in [4.69, 9.17) is 8.83 Å². The number of furan rings is 2. The molecule has 0 spiro atoms. The summed E-state index contributed by atoms with van der Waals surface area (Å²) in [5.41, 5.74) is 1.79. The number of hydrogen-bond acceptors (Lipinski definition) is 5. The van der Waals surface area contributed by atoms with Gasteiger partial charge in [0.25, 0.3) is 5.91 Å². The molecule has 0 aliphatic rings. The Bertz CT molecular complexity index is 1300. The van der Waals surface area contributed by atoms with Crippen molar-refractivity contribution < 1.29 is 27.6 Å². The van der Waals surface area contributed by atoms with Gasteiger partial charge in [-0.15, -0.1) is 0 Å². The molecule has 184 valence electrons. The molecule has 1 unspecified atom stereocenters. The van der Waals surface area contributed by atoms with Crippen LogP contribution < -0.4 is 15.5 Å². The first-order valence-corrected chi connectivity index (χ1v) is 11.2. The quantitative estimate of drug-likeness (QED) is 0.368. The first-order chi connectivity index (χ1) is 17.4. The van der Waals surface area contributed by atoms with E-state index >= 15 is 0 Å². The second-order valence-electron chi connectivity index (χ2n) is 8.01. The number of anilines is 1. The first-order valence-electron chi connectivity index (χ1n) is 11.2. The number of nitrogens with one attached hydrogen (secondary N) is 2. The number of carbonyl (C=O) groups excluding carboxylic acids is 3. The van der Waals surface area contributed by atoms with Crippen molar-refractivity contribution in [3.63, 3.8) is 0 Å². The van der Waals surface area contributed by atoms with E-state index in [-0.39, 0.29) is 18.0 Å². The minimum absolute atomic E-state index is 0.0439. The first kappa shape index (κ1) is 24.5. The molecule has 4 aromatic rings. The highest BCUT2D eigenvalue weighted by Crippen LogP contribution is 2.29. The standard InChI is InChI=1S/C27H24FN3O5/c1-18-6-8-19(9-7-18)25(27(34)29-16-22-4-2-14-35-22)31(21-12-10-20(28)11-13-21)24(32)17-30-26(33)23-5-3-15-36-23/h2-15,25H,16-17H2,1H3,(H,29,34)(H,30,33). The molecule has 2 N–H and O–H groups in total. The molecular weight excluding hydrogens is 465 g/mol. The van der Waals surface area contributed by atoms with Crippen LogP contribution >= 0.6 is 0 Å². The Balaban J connectivity index is 1.67. The number of benzene rings is 2. The molecule has 3 amide bonds. The number of amides is 3. The van der Waals surface area contributed by atoms with E-state index in [0.717, 1.165) is 5.56 Å². The van der Waals surface area contributed by atoms with Gasteiger partial charge in [-0.2, -0.15) is 0 Å². The normalized spacial score (nSPS) is 11.5. The van der Waals surface area contributed by atoms with Crippen LogP contribution in [0.5, 0.6) is 0 Å². The van der Waals surface area contributed by atoms with E-state index in [1.165, 1.54) is 47.8 Å². The molecule has 9 heteroatoms. The summed E-state index contributed by atoms with van der Waals surface area (Å²) >= 11 is 0. The van der Waals surface area contributed by atoms with Crippen molar-refractivity contribution in [2.45, 2.75) is 19.5 Å². The van der Waals surface area contributed by atoms with Gasteiger partial charge in [-0.25, -0.2) is 4.39 Å². The topological polar surface area (TPSA) is 105 Å². The maximum absolute atomic E-state index is 13.7. The van der Waals surface area contributed by atoms with Crippen molar-refractivity contribution in [3.05, 3.63) is 114 Å². The van der Waals surface area contributed by atoms with Gasteiger partial charge in [-0.3, -0.25) is 19.3 Å². The van der Waals surface area contributed by atoms with Crippen molar-refractivity contribution in [3.8, 4) is 0 Å². The lowest BCUT2D eigenvalue weighted by atomic mass is 10.0. The highest BCUT2D eigenvalue weighted by molar-refractivity contribution is 6.04. The highest BCUT2D eigenvalue weighted by atomic mass is 19.1. The Morgan fingerprint density at radius 1 is 0.889 bits per heavy atom. The third-order valence-electron chi connectivity index (χ3n) is 5.44. The number of nitrogens with zero attached hydrogens (tertiary/aromatic N) is 1. The van der Waals surface area contributed by atoms with Crippen LogP contribution in [0.2, 0.25) is 0 Å². The third-order valence-corrected chi connectivity index (χ3v) is 5.44. The Morgan fingerprint density at radius 2 is 1.58 bits per heavy atom. The summed E-state index contributed by atoms with van der Waals surface area (Å²) in [6, 6.07) is 17.7. The van der Waals surface area contributed by atoms with Gasteiger partial charge in [0.15, 0.2) is 5.76 Å². The van der Waals surface area contributed by atoms with Gasteiger partial charge >= 0.3 is 0 Å². The molecule has 0 aliphatic heterocycles. The van der Waals surface area contributed by atoms with Gasteiger partial charge in [0.05, 0.1) is 25.6 Å². The van der Waals surface area contributed by atoms with Gasteiger partial charge in [-0.05, 0) is 61.0 Å². The van der Waals surface area contributed by atoms with E-state index in [2.05, 4.69) is 10.6 Å². The summed E-state index contributed by atoms with van der Waals surface area (Å²) in [4.78, 5) is 40.6. The number of carbonyl (C=O) groups is 3. The largest absolute Gasteiger partial charge is 0.467 e. The van der Waals surface area contributed by atoms with Crippen LogP contribution in [0.3, 0.4) is 0 Å². The fourth-order valence-electron chi connectivity index (χ4n) is 3.63. The van der Waals surface area contributed by atoms with Gasteiger partial charge in [-0.1, -0.05) is 29.8 Å². The molecule has 0 radical (unpaired) electrons. The number of aryl methyl sites for hydroxylation is 1. The van der Waals surface area contributed by atoms with Crippen LogP contribution in [0, 0.1) is 12.7 Å². The molecule has 1 atom stereocenters. The van der Waals surface area contributed by atoms with Crippen LogP contribution in [-0.4, -0.2) is 24.3 Å². The SMILES string of the molecule is Cc1ccc(C(C(=O)NCc2ccco2)N(C(=O)CNC(=O)c2ccco2)c2ccc(F)cc2)cc1. The fourth-order valence-corrected chi connectivity index (χ4v) is 3.63. The summed E-state index contributed by atoms with van der Waals surface area (Å²) in [6.07, 6.45) is 2.84. The maximum atomic E-state index is 13.7. The molecule has 0 aliphatic carbocycles. The second kappa shape index (κ2) is 11.2. The third kappa shape index (κ3) is 5.87. The number of hydrogen-bond donors (Lipinski definition) is 2. The van der Waals surface area contributed by atoms with Crippen LogP contribution in [0.25, 0.3) is 0 Å². The van der Waals surface area contributed by atoms with Crippen LogP contribution in [0.4, 0.5) is 10.1 Å². The van der Waals surface area contributed by atoms with Gasteiger partial charge in [0.2, 0.25) is 11.8 Å². The van der Waals surface area contributed by atoms with Gasteiger partial charge in [0, 0.05) is 5.69 Å². The molecular formula is C27H24FN3O5. The van der Waals surface area contributed by atoms with E-state index < -0.39 is 36.1 Å². The van der Waals surface area contributed by atoms with Crippen molar-refractivity contribution >= 4 is 23.4 Å². The zero-order valence-corrected chi connectivity index (χ0v) is 19.4. The molecule has 0 fully saturated rings. The Morgan fingerprint density at radius 3 is 2.22 bits per heavy atom. The van der Waals surface area contributed by atoms with Crippen molar-refractivity contribution in [2.75, 3.05) is 11.4 Å². The van der Waals surface area contributed by atoms with Crippen molar-refractivity contribution in [2.24, 2.45) is 0 Å². The van der Waals surface area contributed by atoms with Crippen LogP contribution in [0.15, 0.2) is 94.2 Å². The summed E-state index contributed by atoms with van der Waals surface area (Å²) in [6.45, 7) is 1.59. The van der Waals surface area contributed by atoms with E-state index in [0.29, 0.717) is 11.3 Å². The number of rotatable bonds is 9. The minimum atomic E-state index is -1.11. The molecule has 0 bridgehead atoms. The molecule has 0 saturated heterocycles. The lowest BCUT2D eigenvalue weighted by molar-refractivity contribution is -0.126. The summed E-state index contributed by atoms with van der Waals surface area (Å²) in [7, 11) is 0. The molecule has 2 heterocycles. The Kier molecular flexibility index (Phi) is 7.60. The monoisotopic (exact) mass is 489 g/mol. The molecule has 8 nitrogen and oxygen atoms in total. The second-order valence-corrected chi connectivity index (χ2v) is 8.01. The van der Waals surface area contributed by atoms with Crippen LogP contribution in [0.1, 0.15) is 33.5 Å².